The molecule has 1 aliphatic heterocycles. The molecule has 0 radical (unpaired) electrons. The van der Waals surface area contributed by atoms with Crippen LogP contribution in [-0.2, 0) is 4.79 Å². The number of hydrogen-bond acceptors (Lipinski definition) is 3. The van der Waals surface area contributed by atoms with Crippen molar-refractivity contribution < 1.29 is 4.79 Å². The fourth-order valence-electron chi connectivity index (χ4n) is 3.72. The summed E-state index contributed by atoms with van der Waals surface area (Å²) < 4.78 is 0. The molecule has 6 nitrogen and oxygen atoms in total. The number of nitrogens with one attached hydrogen (secondary N) is 2. The first-order valence-corrected chi connectivity index (χ1v) is 10.5. The molecule has 0 bridgehead atoms. The first-order chi connectivity index (χ1) is 12.4. The van der Waals surface area contributed by atoms with Crippen molar-refractivity contribution in [3.63, 3.8) is 0 Å². The Kier molecular flexibility index (Phi) is 10.6. The molecular weight excluding hydrogens is 326 g/mol. The Morgan fingerprint density at radius 1 is 1.19 bits per heavy atom. The zero-order chi connectivity index (χ0) is 19.5. The van der Waals surface area contributed by atoms with Crippen LogP contribution < -0.4 is 10.6 Å². The number of carbonyl (C=O) groups is 1. The molecule has 0 aromatic heterocycles. The van der Waals surface area contributed by atoms with E-state index in [4.69, 9.17) is 4.99 Å². The number of hydrogen-bond donors (Lipinski definition) is 2. The Morgan fingerprint density at radius 2 is 1.88 bits per heavy atom. The number of amides is 1. The van der Waals surface area contributed by atoms with Gasteiger partial charge in [0.1, 0.15) is 0 Å². The van der Waals surface area contributed by atoms with Gasteiger partial charge in [-0.25, -0.2) is 0 Å². The molecule has 1 atom stereocenters. The molecule has 1 aliphatic rings. The number of carbonyl (C=O) groups excluding carboxylic acids is 1. The van der Waals surface area contributed by atoms with Crippen LogP contribution in [-0.4, -0.2) is 72.5 Å². The highest BCUT2D eigenvalue weighted by molar-refractivity contribution is 5.80. The maximum absolute atomic E-state index is 12.0. The SMILES string of the molecule is CCNC(=NCCC(CC)N1CCCC1=O)NCCN(C(C)C)C(C)C. The summed E-state index contributed by atoms with van der Waals surface area (Å²) in [4.78, 5) is 21.2. The van der Waals surface area contributed by atoms with Gasteiger partial charge in [0.25, 0.3) is 0 Å². The van der Waals surface area contributed by atoms with Crippen molar-refractivity contribution in [2.24, 2.45) is 4.99 Å². The van der Waals surface area contributed by atoms with Crippen LogP contribution in [0.2, 0.25) is 0 Å². The summed E-state index contributed by atoms with van der Waals surface area (Å²) in [5.41, 5.74) is 0. The predicted molar refractivity (Wildman–Crippen MR) is 111 cm³/mol. The lowest BCUT2D eigenvalue weighted by Crippen LogP contribution is -2.45. The minimum atomic E-state index is 0.313. The lowest BCUT2D eigenvalue weighted by Gasteiger charge is -2.30. The molecule has 0 spiro atoms. The fourth-order valence-corrected chi connectivity index (χ4v) is 3.72. The average Bonchev–Trinajstić information content (AvgIpc) is 3.00. The second-order valence-corrected chi connectivity index (χ2v) is 7.65. The molecule has 1 rings (SSSR count). The molecule has 2 N–H and O–H groups in total. The van der Waals surface area contributed by atoms with Gasteiger partial charge in [0.05, 0.1) is 0 Å². The van der Waals surface area contributed by atoms with Crippen molar-refractivity contribution in [2.75, 3.05) is 32.7 Å². The van der Waals surface area contributed by atoms with Crippen LogP contribution in [0.25, 0.3) is 0 Å². The minimum Gasteiger partial charge on any atom is -0.357 e. The van der Waals surface area contributed by atoms with Crippen molar-refractivity contribution in [1.29, 1.82) is 0 Å². The zero-order valence-corrected chi connectivity index (χ0v) is 17.8. The third-order valence-electron chi connectivity index (χ3n) is 5.09. The van der Waals surface area contributed by atoms with Crippen LogP contribution in [0, 0.1) is 0 Å². The Hall–Kier alpha value is -1.30. The highest BCUT2D eigenvalue weighted by Crippen LogP contribution is 2.18. The van der Waals surface area contributed by atoms with Crippen LogP contribution in [0.4, 0.5) is 0 Å². The van der Waals surface area contributed by atoms with E-state index in [1.807, 2.05) is 0 Å². The summed E-state index contributed by atoms with van der Waals surface area (Å²) in [6, 6.07) is 1.41. The third kappa shape index (κ3) is 7.52. The van der Waals surface area contributed by atoms with Gasteiger partial charge in [0.15, 0.2) is 5.96 Å². The molecule has 1 amide bonds. The van der Waals surface area contributed by atoms with Gasteiger partial charge in [0, 0.05) is 57.3 Å². The van der Waals surface area contributed by atoms with E-state index < -0.39 is 0 Å². The van der Waals surface area contributed by atoms with Gasteiger partial charge in [-0.05, 0) is 53.9 Å². The third-order valence-corrected chi connectivity index (χ3v) is 5.09. The first-order valence-electron chi connectivity index (χ1n) is 10.5. The summed E-state index contributed by atoms with van der Waals surface area (Å²) >= 11 is 0. The van der Waals surface area contributed by atoms with Crippen molar-refractivity contribution in [2.45, 2.75) is 85.4 Å². The van der Waals surface area contributed by atoms with Crippen molar-refractivity contribution in [1.82, 2.24) is 20.4 Å². The molecule has 26 heavy (non-hydrogen) atoms. The van der Waals surface area contributed by atoms with Gasteiger partial charge >= 0.3 is 0 Å². The molecular formula is C20H41N5O. The smallest absolute Gasteiger partial charge is 0.222 e. The van der Waals surface area contributed by atoms with Crippen molar-refractivity contribution >= 4 is 11.9 Å². The lowest BCUT2D eigenvalue weighted by molar-refractivity contribution is -0.129. The Bertz CT molecular complexity index is 428. The summed E-state index contributed by atoms with van der Waals surface area (Å²) in [5.74, 6) is 1.19. The highest BCUT2D eigenvalue weighted by atomic mass is 16.2. The highest BCUT2D eigenvalue weighted by Gasteiger charge is 2.26. The van der Waals surface area contributed by atoms with Gasteiger partial charge in [-0.1, -0.05) is 6.92 Å². The molecule has 6 heteroatoms. The molecule has 0 aromatic rings. The number of likely N-dealkylation sites (tertiary alicyclic amines) is 1. The molecule has 1 unspecified atom stereocenters. The van der Waals surface area contributed by atoms with E-state index >= 15 is 0 Å². The quantitative estimate of drug-likeness (QED) is 0.435. The predicted octanol–water partition coefficient (Wildman–Crippen LogP) is 2.45. The fraction of sp³-hybridized carbons (Fsp3) is 0.900. The number of nitrogens with zero attached hydrogens (tertiary/aromatic N) is 3. The number of guanidine groups is 1. The van der Waals surface area contributed by atoms with E-state index in [-0.39, 0.29) is 0 Å². The Morgan fingerprint density at radius 3 is 2.38 bits per heavy atom. The van der Waals surface area contributed by atoms with Crippen LogP contribution in [0.5, 0.6) is 0 Å². The molecule has 0 aliphatic carbocycles. The van der Waals surface area contributed by atoms with Crippen LogP contribution >= 0.6 is 0 Å². The molecule has 0 saturated carbocycles. The van der Waals surface area contributed by atoms with Gasteiger partial charge in [-0.3, -0.25) is 14.7 Å². The summed E-state index contributed by atoms with van der Waals surface area (Å²) in [6.45, 7) is 17.6. The normalized spacial score (nSPS) is 16.9. The molecule has 1 heterocycles. The topological polar surface area (TPSA) is 60.0 Å². The average molecular weight is 368 g/mol. The van der Waals surface area contributed by atoms with E-state index in [1.54, 1.807) is 0 Å². The maximum atomic E-state index is 12.0. The molecule has 0 aromatic carbocycles. The van der Waals surface area contributed by atoms with Crippen LogP contribution in [0.3, 0.4) is 0 Å². The zero-order valence-electron chi connectivity index (χ0n) is 17.8. The Balaban J connectivity index is 2.48. The van der Waals surface area contributed by atoms with E-state index in [9.17, 15) is 4.79 Å². The summed E-state index contributed by atoms with van der Waals surface area (Å²) in [6.07, 6.45) is 3.66. The van der Waals surface area contributed by atoms with E-state index in [1.165, 1.54) is 0 Å². The van der Waals surface area contributed by atoms with Crippen LogP contribution in [0.15, 0.2) is 4.99 Å². The summed E-state index contributed by atoms with van der Waals surface area (Å²) in [5, 5.41) is 6.77. The minimum absolute atomic E-state index is 0.313. The molecule has 1 saturated heterocycles. The van der Waals surface area contributed by atoms with Gasteiger partial charge in [-0.15, -0.1) is 0 Å². The van der Waals surface area contributed by atoms with Gasteiger partial charge in [0.2, 0.25) is 5.91 Å². The number of aliphatic imine (C=N–C) groups is 1. The Labute approximate surface area is 160 Å². The van der Waals surface area contributed by atoms with Crippen molar-refractivity contribution in [3.8, 4) is 0 Å². The standard InChI is InChI=1S/C20H41N5O/c1-7-18(25-14-9-10-19(25)26)11-12-22-20(21-8-2)23-13-15-24(16(3)4)17(5)6/h16-18H,7-15H2,1-6H3,(H2,21,22,23). The monoisotopic (exact) mass is 367 g/mol. The molecule has 1 fully saturated rings. The largest absolute Gasteiger partial charge is 0.357 e. The van der Waals surface area contributed by atoms with Gasteiger partial charge < -0.3 is 15.5 Å². The van der Waals surface area contributed by atoms with Gasteiger partial charge in [-0.2, -0.15) is 0 Å². The second-order valence-electron chi connectivity index (χ2n) is 7.65. The van der Waals surface area contributed by atoms with E-state index in [0.29, 0.717) is 30.5 Å². The maximum Gasteiger partial charge on any atom is 0.222 e. The first kappa shape index (κ1) is 22.7. The lowest BCUT2D eigenvalue weighted by atomic mass is 10.1. The van der Waals surface area contributed by atoms with Crippen molar-refractivity contribution in [3.05, 3.63) is 0 Å². The summed E-state index contributed by atoms with van der Waals surface area (Å²) in [7, 11) is 0. The molecule has 152 valence electrons. The van der Waals surface area contributed by atoms with E-state index in [2.05, 4.69) is 62.0 Å². The second kappa shape index (κ2) is 12.2. The van der Waals surface area contributed by atoms with Crippen LogP contribution in [0.1, 0.15) is 67.2 Å². The number of rotatable bonds is 11. The van der Waals surface area contributed by atoms with E-state index in [0.717, 1.165) is 57.9 Å².